The van der Waals surface area contributed by atoms with Gasteiger partial charge in [-0.05, 0) is 44.0 Å². The van der Waals surface area contributed by atoms with E-state index in [2.05, 4.69) is 66.2 Å². The summed E-state index contributed by atoms with van der Waals surface area (Å²) in [5.41, 5.74) is 3.91. The highest BCUT2D eigenvalue weighted by Crippen LogP contribution is 2.19. The van der Waals surface area contributed by atoms with Crippen molar-refractivity contribution in [2.24, 2.45) is 0 Å². The van der Waals surface area contributed by atoms with Crippen LogP contribution in [0.15, 0.2) is 36.5 Å². The lowest BCUT2D eigenvalue weighted by Gasteiger charge is -2.21. The number of nitrogens with one attached hydrogen (secondary N) is 1. The van der Waals surface area contributed by atoms with Crippen molar-refractivity contribution >= 4 is 0 Å². The fourth-order valence-corrected chi connectivity index (χ4v) is 2.33. The molecule has 3 nitrogen and oxygen atoms in total. The Morgan fingerprint density at radius 2 is 2.00 bits per heavy atom. The van der Waals surface area contributed by atoms with Crippen LogP contribution in [0.2, 0.25) is 0 Å². The van der Waals surface area contributed by atoms with Gasteiger partial charge in [0.25, 0.3) is 0 Å². The molecule has 1 atom stereocenters. The van der Waals surface area contributed by atoms with Crippen LogP contribution in [-0.2, 0) is 6.54 Å². The first kappa shape index (κ1) is 13.8. The zero-order valence-electron chi connectivity index (χ0n) is 12.1. The van der Waals surface area contributed by atoms with Crippen LogP contribution in [0, 0.1) is 13.8 Å². The van der Waals surface area contributed by atoms with Crippen molar-refractivity contribution in [3.63, 3.8) is 0 Å². The summed E-state index contributed by atoms with van der Waals surface area (Å²) in [5.74, 6) is 0. The first-order valence-corrected chi connectivity index (χ1v) is 6.99. The third-order valence-electron chi connectivity index (χ3n) is 3.49. The molecule has 0 aliphatic carbocycles. The second-order valence-corrected chi connectivity index (χ2v) is 5.02. The highest BCUT2D eigenvalue weighted by atomic mass is 15.3. The molecule has 0 saturated heterocycles. The molecule has 1 aromatic heterocycles. The van der Waals surface area contributed by atoms with Crippen LogP contribution in [-0.4, -0.2) is 16.3 Å². The zero-order valence-corrected chi connectivity index (χ0v) is 12.1. The van der Waals surface area contributed by atoms with Crippen LogP contribution in [0.5, 0.6) is 0 Å². The Labute approximate surface area is 115 Å². The summed E-state index contributed by atoms with van der Waals surface area (Å²) in [6.45, 7) is 8.37. The van der Waals surface area contributed by atoms with Gasteiger partial charge in [0.1, 0.15) is 0 Å². The number of benzene rings is 1. The fourth-order valence-electron chi connectivity index (χ4n) is 2.33. The molecule has 0 aliphatic heterocycles. The number of hydrogen-bond acceptors (Lipinski definition) is 2. The number of hydrogen-bond donors (Lipinski definition) is 1. The van der Waals surface area contributed by atoms with E-state index in [0.29, 0.717) is 6.04 Å². The molecule has 0 aliphatic rings. The van der Waals surface area contributed by atoms with Crippen LogP contribution >= 0.6 is 0 Å². The molecule has 0 spiro atoms. The third kappa shape index (κ3) is 3.44. The van der Waals surface area contributed by atoms with Gasteiger partial charge >= 0.3 is 0 Å². The van der Waals surface area contributed by atoms with Crippen molar-refractivity contribution in [2.45, 2.75) is 39.8 Å². The monoisotopic (exact) mass is 257 g/mol. The number of rotatable bonds is 6. The van der Waals surface area contributed by atoms with Crippen LogP contribution in [0.3, 0.4) is 0 Å². The largest absolute Gasteiger partial charge is 0.308 e. The van der Waals surface area contributed by atoms with Gasteiger partial charge in [0, 0.05) is 11.9 Å². The van der Waals surface area contributed by atoms with Crippen molar-refractivity contribution in [2.75, 3.05) is 6.54 Å². The molecule has 3 heteroatoms. The quantitative estimate of drug-likeness (QED) is 0.861. The second-order valence-electron chi connectivity index (χ2n) is 5.02. The minimum absolute atomic E-state index is 0.319. The predicted molar refractivity (Wildman–Crippen MR) is 79.2 cm³/mol. The predicted octanol–water partition coefficient (Wildman–Crippen LogP) is 3.24. The number of aromatic nitrogens is 2. The summed E-state index contributed by atoms with van der Waals surface area (Å²) in [6.07, 6.45) is 3.00. The Morgan fingerprint density at radius 1 is 1.21 bits per heavy atom. The normalized spacial score (nSPS) is 12.6. The molecular formula is C16H23N3. The van der Waals surface area contributed by atoms with Crippen LogP contribution < -0.4 is 5.32 Å². The maximum absolute atomic E-state index is 4.40. The van der Waals surface area contributed by atoms with E-state index in [1.54, 1.807) is 0 Å². The van der Waals surface area contributed by atoms with E-state index in [9.17, 15) is 0 Å². The Morgan fingerprint density at radius 3 is 2.63 bits per heavy atom. The average molecular weight is 257 g/mol. The summed E-state index contributed by atoms with van der Waals surface area (Å²) < 4.78 is 2.07. The Hall–Kier alpha value is -1.61. The maximum Gasteiger partial charge on any atom is 0.0607 e. The molecule has 0 amide bonds. The molecule has 0 radical (unpaired) electrons. The molecular weight excluding hydrogens is 234 g/mol. The smallest absolute Gasteiger partial charge is 0.0607 e. The Bertz CT molecular complexity index is 516. The van der Waals surface area contributed by atoms with E-state index in [1.165, 1.54) is 16.8 Å². The topological polar surface area (TPSA) is 29.9 Å². The molecule has 102 valence electrons. The van der Waals surface area contributed by atoms with Crippen molar-refractivity contribution in [3.8, 4) is 0 Å². The van der Waals surface area contributed by atoms with Crippen molar-refractivity contribution < 1.29 is 0 Å². The van der Waals surface area contributed by atoms with Gasteiger partial charge in [0.05, 0.1) is 12.6 Å². The van der Waals surface area contributed by atoms with Gasteiger partial charge < -0.3 is 5.32 Å². The third-order valence-corrected chi connectivity index (χ3v) is 3.49. The molecule has 0 bridgehead atoms. The Kier molecular flexibility index (Phi) is 4.74. The van der Waals surface area contributed by atoms with Gasteiger partial charge in [0.2, 0.25) is 0 Å². The average Bonchev–Trinajstić information content (AvgIpc) is 2.81. The van der Waals surface area contributed by atoms with Crippen molar-refractivity contribution in [1.29, 1.82) is 0 Å². The summed E-state index contributed by atoms with van der Waals surface area (Å²) in [4.78, 5) is 0. The van der Waals surface area contributed by atoms with Crippen molar-refractivity contribution in [3.05, 3.63) is 53.3 Å². The minimum Gasteiger partial charge on any atom is -0.308 e. The lowest BCUT2D eigenvalue weighted by molar-refractivity contribution is 0.432. The SMILES string of the molecule is CCCNC(Cn1nccc1C)c1ccccc1C. The van der Waals surface area contributed by atoms with Crippen molar-refractivity contribution in [1.82, 2.24) is 15.1 Å². The first-order valence-electron chi connectivity index (χ1n) is 6.99. The molecule has 1 aromatic carbocycles. The first-order chi connectivity index (χ1) is 9.22. The zero-order chi connectivity index (χ0) is 13.7. The van der Waals surface area contributed by atoms with E-state index in [4.69, 9.17) is 0 Å². The molecule has 2 aromatic rings. The minimum atomic E-state index is 0.319. The standard InChI is InChI=1S/C16H23N3/c1-4-10-17-16(12-19-14(3)9-11-18-19)15-8-6-5-7-13(15)2/h5-9,11,16-17H,4,10,12H2,1-3H3. The summed E-state index contributed by atoms with van der Waals surface area (Å²) in [5, 5.41) is 8.03. The molecule has 1 N–H and O–H groups in total. The van der Waals surface area contributed by atoms with Gasteiger partial charge in [-0.1, -0.05) is 31.2 Å². The van der Waals surface area contributed by atoms with Crippen LogP contribution in [0.25, 0.3) is 0 Å². The molecule has 2 rings (SSSR count). The second kappa shape index (κ2) is 6.53. The van der Waals surface area contributed by atoms with Gasteiger partial charge in [-0.15, -0.1) is 0 Å². The highest BCUT2D eigenvalue weighted by molar-refractivity contribution is 5.28. The van der Waals surface area contributed by atoms with E-state index < -0.39 is 0 Å². The van der Waals surface area contributed by atoms with E-state index in [0.717, 1.165) is 19.5 Å². The summed E-state index contributed by atoms with van der Waals surface area (Å²) in [6, 6.07) is 11.0. The van der Waals surface area contributed by atoms with Crippen LogP contribution in [0.1, 0.15) is 36.2 Å². The molecule has 1 heterocycles. The molecule has 1 unspecified atom stereocenters. The summed E-state index contributed by atoms with van der Waals surface area (Å²) >= 11 is 0. The van der Waals surface area contributed by atoms with Gasteiger partial charge in [0.15, 0.2) is 0 Å². The van der Waals surface area contributed by atoms with E-state index in [1.807, 2.05) is 6.20 Å². The molecule has 0 saturated carbocycles. The fraction of sp³-hybridized carbons (Fsp3) is 0.438. The van der Waals surface area contributed by atoms with E-state index in [-0.39, 0.29) is 0 Å². The van der Waals surface area contributed by atoms with Gasteiger partial charge in [-0.25, -0.2) is 0 Å². The van der Waals surface area contributed by atoms with Gasteiger partial charge in [-0.3, -0.25) is 4.68 Å². The number of nitrogens with zero attached hydrogens (tertiary/aromatic N) is 2. The maximum atomic E-state index is 4.40. The lowest BCUT2D eigenvalue weighted by atomic mass is 10.0. The number of aryl methyl sites for hydroxylation is 2. The van der Waals surface area contributed by atoms with Gasteiger partial charge in [-0.2, -0.15) is 5.10 Å². The van der Waals surface area contributed by atoms with Crippen LogP contribution in [0.4, 0.5) is 0 Å². The van der Waals surface area contributed by atoms with E-state index >= 15 is 0 Å². The summed E-state index contributed by atoms with van der Waals surface area (Å²) in [7, 11) is 0. The molecule has 0 fully saturated rings. The molecule has 19 heavy (non-hydrogen) atoms. The lowest BCUT2D eigenvalue weighted by Crippen LogP contribution is -2.27. The highest BCUT2D eigenvalue weighted by Gasteiger charge is 2.14. The Balaban J connectivity index is 2.21.